The third-order valence-electron chi connectivity index (χ3n) is 7.52. The fraction of sp³-hybridized carbons (Fsp3) is 0.684. The van der Waals surface area contributed by atoms with Crippen molar-refractivity contribution in [2.75, 3.05) is 26.9 Å². The number of hydrogen-bond acceptors (Lipinski definition) is 9. The van der Waals surface area contributed by atoms with Crippen LogP contribution in [0.25, 0.3) is 0 Å². The predicted octanol–water partition coefficient (Wildman–Crippen LogP) is 8.34. The topological polar surface area (TPSA) is 151 Å². The van der Waals surface area contributed by atoms with Gasteiger partial charge in [-0.25, -0.2) is 4.79 Å². The van der Waals surface area contributed by atoms with Crippen molar-refractivity contribution in [3.63, 3.8) is 0 Å². The van der Waals surface area contributed by atoms with Crippen LogP contribution in [0, 0.1) is 16.0 Å². The number of ether oxygens (including phenoxy) is 2. The summed E-state index contributed by atoms with van der Waals surface area (Å²) in [7, 11) is 1.66. The van der Waals surface area contributed by atoms with E-state index < -0.39 is 11.1 Å². The zero-order valence-corrected chi connectivity index (χ0v) is 30.9. The second-order valence-electron chi connectivity index (χ2n) is 11.8. The van der Waals surface area contributed by atoms with Crippen LogP contribution >= 0.6 is 0 Å². The summed E-state index contributed by atoms with van der Waals surface area (Å²) in [5.41, 5.74) is 1.11. The number of benzene rings is 1. The SMILES string of the molecule is C/C=C\CCCC(=O)NCC(=O)Oc1ccc(CCOC)cc1.CCCCCCCC(=O)CCC(CC)CCC.O=CCCCO[N+](=O)[O-]. The zero-order valence-electron chi connectivity index (χ0n) is 30.9. The number of carbonyl (C=O) groups excluding carboxylic acids is 4. The number of methoxy groups -OCH3 is 1. The molecule has 280 valence electrons. The van der Waals surface area contributed by atoms with Gasteiger partial charge in [-0.15, -0.1) is 10.1 Å². The third-order valence-corrected chi connectivity index (χ3v) is 7.52. The first-order chi connectivity index (χ1) is 23.7. The van der Waals surface area contributed by atoms with E-state index >= 15 is 0 Å². The molecule has 49 heavy (non-hydrogen) atoms. The van der Waals surface area contributed by atoms with E-state index in [1.165, 1.54) is 44.9 Å². The summed E-state index contributed by atoms with van der Waals surface area (Å²) in [5.74, 6) is 1.14. The monoisotopic (exact) mass is 692 g/mol. The second-order valence-corrected chi connectivity index (χ2v) is 11.8. The molecule has 0 aliphatic rings. The lowest BCUT2D eigenvalue weighted by molar-refractivity contribution is -0.757. The molecule has 0 radical (unpaired) electrons. The average Bonchev–Trinajstić information content (AvgIpc) is 3.09. The number of Topliss-reactive ketones (excluding diaryl/α,β-unsaturated/α-hetero) is 1. The summed E-state index contributed by atoms with van der Waals surface area (Å²) >= 11 is 0. The van der Waals surface area contributed by atoms with Crippen molar-refractivity contribution >= 4 is 23.9 Å². The molecule has 0 aliphatic heterocycles. The van der Waals surface area contributed by atoms with Gasteiger partial charge in [0.2, 0.25) is 5.91 Å². The summed E-state index contributed by atoms with van der Waals surface area (Å²) < 4.78 is 10.2. The first-order valence-electron chi connectivity index (χ1n) is 18.1. The molecule has 11 nitrogen and oxygen atoms in total. The van der Waals surface area contributed by atoms with Crippen LogP contribution in [0.2, 0.25) is 0 Å². The number of hydrogen-bond donors (Lipinski definition) is 1. The molecule has 1 amide bonds. The van der Waals surface area contributed by atoms with Gasteiger partial charge in [0.05, 0.1) is 13.2 Å². The van der Waals surface area contributed by atoms with Gasteiger partial charge in [-0.3, -0.25) is 9.59 Å². The number of unbranched alkanes of at least 4 members (excludes halogenated alkanes) is 6. The predicted molar refractivity (Wildman–Crippen MR) is 194 cm³/mol. The summed E-state index contributed by atoms with van der Waals surface area (Å²) in [6.07, 6.45) is 21.1. The van der Waals surface area contributed by atoms with E-state index in [0.29, 0.717) is 43.7 Å². The fourth-order valence-corrected chi connectivity index (χ4v) is 4.60. The number of nitrogens with one attached hydrogen (secondary N) is 1. The van der Waals surface area contributed by atoms with Gasteiger partial charge in [-0.1, -0.05) is 90.0 Å². The van der Waals surface area contributed by atoms with E-state index in [4.69, 9.17) is 9.47 Å². The molecule has 0 aromatic heterocycles. The van der Waals surface area contributed by atoms with Crippen molar-refractivity contribution in [2.24, 2.45) is 5.92 Å². The molecule has 0 saturated heterocycles. The summed E-state index contributed by atoms with van der Waals surface area (Å²) in [6.45, 7) is 9.19. The highest BCUT2D eigenvalue weighted by Gasteiger charge is 2.09. The molecule has 1 unspecified atom stereocenters. The molecule has 0 bridgehead atoms. The smallest absolute Gasteiger partial charge is 0.330 e. The number of ketones is 1. The second kappa shape index (κ2) is 35.7. The Morgan fingerprint density at radius 1 is 0.878 bits per heavy atom. The number of allylic oxidation sites excluding steroid dienone is 2. The van der Waals surface area contributed by atoms with Gasteiger partial charge in [-0.05, 0) is 69.1 Å². The summed E-state index contributed by atoms with van der Waals surface area (Å²) in [5, 5.41) is 11.2. The first-order valence-corrected chi connectivity index (χ1v) is 18.1. The normalized spacial score (nSPS) is 11.0. The molecular weight excluding hydrogens is 628 g/mol. The van der Waals surface area contributed by atoms with Gasteiger partial charge in [0.15, 0.2) is 0 Å². The summed E-state index contributed by atoms with van der Waals surface area (Å²) in [6, 6.07) is 7.26. The van der Waals surface area contributed by atoms with Crippen LogP contribution in [0.4, 0.5) is 0 Å². The number of nitrogens with zero attached hydrogens (tertiary/aromatic N) is 1. The minimum Gasteiger partial charge on any atom is -0.425 e. The number of amides is 1. The van der Waals surface area contributed by atoms with Gasteiger partial charge >= 0.3 is 5.97 Å². The van der Waals surface area contributed by atoms with Gasteiger partial charge in [-0.2, -0.15) is 0 Å². The van der Waals surface area contributed by atoms with Gasteiger partial charge in [0, 0.05) is 32.8 Å². The van der Waals surface area contributed by atoms with Crippen LogP contribution in [0.1, 0.15) is 136 Å². The molecular formula is C38H64N2O9. The molecule has 0 fully saturated rings. The molecule has 0 aliphatic carbocycles. The van der Waals surface area contributed by atoms with E-state index in [0.717, 1.165) is 56.4 Å². The standard InChI is InChI=1S/C18H25NO4.C16H32O.C4H7NO4/c1-3-4-5-6-7-17(20)19-14-18(21)23-16-10-8-15(9-11-16)12-13-22-2;1-4-7-8-9-10-12-16(17)14-13-15(6-3)11-5-2;6-3-1-2-4-9-5(7)8/h3-4,8-11H,5-7,12-14H2,1-2H3,(H,19,20);15H,4-14H2,1-3H3;3H,1-2,4H2/b4-3-;;. The van der Waals surface area contributed by atoms with E-state index in [9.17, 15) is 29.3 Å². The fourth-order valence-electron chi connectivity index (χ4n) is 4.60. The zero-order chi connectivity index (χ0) is 37.0. The van der Waals surface area contributed by atoms with E-state index in [1.54, 1.807) is 19.2 Å². The highest BCUT2D eigenvalue weighted by Crippen LogP contribution is 2.18. The highest BCUT2D eigenvalue weighted by atomic mass is 16.9. The van der Waals surface area contributed by atoms with Crippen LogP contribution in [0.15, 0.2) is 36.4 Å². The van der Waals surface area contributed by atoms with Crippen molar-refractivity contribution in [3.05, 3.63) is 52.1 Å². The number of carbonyl (C=O) groups is 4. The Bertz CT molecular complexity index is 1010. The lowest BCUT2D eigenvalue weighted by atomic mass is 9.93. The maximum absolute atomic E-state index is 11.7. The molecule has 0 spiro atoms. The van der Waals surface area contributed by atoms with Gasteiger partial charge in [0.1, 0.15) is 24.4 Å². The molecule has 1 atom stereocenters. The van der Waals surface area contributed by atoms with Crippen molar-refractivity contribution in [1.29, 1.82) is 0 Å². The largest absolute Gasteiger partial charge is 0.425 e. The van der Waals surface area contributed by atoms with E-state index in [-0.39, 0.29) is 19.1 Å². The number of esters is 1. The maximum atomic E-state index is 11.7. The van der Waals surface area contributed by atoms with Crippen LogP contribution < -0.4 is 10.1 Å². The van der Waals surface area contributed by atoms with E-state index in [1.807, 2.05) is 31.2 Å². The molecule has 1 aromatic rings. The van der Waals surface area contributed by atoms with Crippen molar-refractivity contribution in [1.82, 2.24) is 5.32 Å². The van der Waals surface area contributed by atoms with Crippen molar-refractivity contribution in [2.45, 2.75) is 137 Å². The molecule has 0 heterocycles. The Balaban J connectivity index is 0. The number of aldehydes is 1. The molecule has 11 heteroatoms. The van der Waals surface area contributed by atoms with E-state index in [2.05, 4.69) is 30.9 Å². The van der Waals surface area contributed by atoms with Crippen LogP contribution in [-0.2, 0) is 35.2 Å². The Morgan fingerprint density at radius 2 is 1.59 bits per heavy atom. The molecule has 1 aromatic carbocycles. The van der Waals surface area contributed by atoms with Gasteiger partial charge in [0.25, 0.3) is 5.09 Å². The summed E-state index contributed by atoms with van der Waals surface area (Å²) in [4.78, 5) is 57.9. The van der Waals surface area contributed by atoms with Crippen LogP contribution in [0.5, 0.6) is 5.75 Å². The average molecular weight is 693 g/mol. The molecule has 0 saturated carbocycles. The maximum Gasteiger partial charge on any atom is 0.330 e. The number of rotatable bonds is 27. The quantitative estimate of drug-likeness (QED) is 0.0182. The minimum absolute atomic E-state index is 0.00569. The van der Waals surface area contributed by atoms with Crippen molar-refractivity contribution < 1.29 is 38.6 Å². The van der Waals surface area contributed by atoms with Gasteiger partial charge < -0.3 is 24.4 Å². The Hall–Kier alpha value is -3.60. The van der Waals surface area contributed by atoms with Crippen LogP contribution in [-0.4, -0.2) is 55.9 Å². The lowest BCUT2D eigenvalue weighted by Gasteiger charge is -2.12. The Labute approximate surface area is 295 Å². The minimum atomic E-state index is -0.870. The Morgan fingerprint density at radius 3 is 2.18 bits per heavy atom. The van der Waals surface area contributed by atoms with Crippen molar-refractivity contribution in [3.8, 4) is 5.75 Å². The molecule has 1 rings (SSSR count). The lowest BCUT2D eigenvalue weighted by Crippen LogP contribution is -2.31. The third kappa shape index (κ3) is 34.1. The Kier molecular flexibility index (Phi) is 34.6. The molecule has 1 N–H and O–H groups in total. The van der Waals surface area contributed by atoms with Crippen LogP contribution in [0.3, 0.4) is 0 Å². The highest BCUT2D eigenvalue weighted by molar-refractivity contribution is 5.82. The first kappa shape index (κ1) is 47.5.